The molecular weight excluding hydrogens is 386 g/mol. The van der Waals surface area contributed by atoms with Crippen molar-refractivity contribution in [3.63, 3.8) is 0 Å². The molecule has 1 aliphatic heterocycles. The zero-order valence-corrected chi connectivity index (χ0v) is 17.2. The summed E-state index contributed by atoms with van der Waals surface area (Å²) in [5.74, 6) is 0.732. The maximum absolute atomic E-state index is 12.6. The second-order valence-electron chi connectivity index (χ2n) is 6.51. The lowest BCUT2D eigenvalue weighted by atomic mass is 9.79. The van der Waals surface area contributed by atoms with Crippen LogP contribution in [0.5, 0.6) is 11.5 Å². The minimum atomic E-state index is -0.558. The lowest BCUT2D eigenvalue weighted by molar-refractivity contribution is -0.136. The van der Waals surface area contributed by atoms with Gasteiger partial charge in [-0.15, -0.1) is 12.4 Å². The first-order valence-corrected chi connectivity index (χ1v) is 9.17. The molecule has 0 unspecified atom stereocenters. The standard InChI is InChI=1S/C19H29N3O5.ClH/c1-3-21-17(23)12-27-15-5-4-14(10-16(15)25-2)11-22-18(24)19(13-20)6-8-26-9-7-19;/h4-5,10H,3,6-9,11-13,20H2,1-2H3,(H,21,23)(H,22,24);1H. The molecular formula is C19H30ClN3O5. The van der Waals surface area contributed by atoms with E-state index in [0.29, 0.717) is 57.2 Å². The van der Waals surface area contributed by atoms with Crippen molar-refractivity contribution >= 4 is 24.2 Å². The number of hydrogen-bond donors (Lipinski definition) is 3. The molecule has 1 saturated heterocycles. The largest absolute Gasteiger partial charge is 0.493 e. The number of halogens is 1. The van der Waals surface area contributed by atoms with Crippen LogP contribution in [-0.4, -0.2) is 51.8 Å². The molecule has 28 heavy (non-hydrogen) atoms. The van der Waals surface area contributed by atoms with E-state index >= 15 is 0 Å². The van der Waals surface area contributed by atoms with Crippen LogP contribution in [-0.2, 0) is 20.9 Å². The van der Waals surface area contributed by atoms with E-state index in [9.17, 15) is 9.59 Å². The van der Waals surface area contributed by atoms with Gasteiger partial charge in [0.1, 0.15) is 0 Å². The van der Waals surface area contributed by atoms with E-state index in [1.165, 1.54) is 7.11 Å². The zero-order valence-electron chi connectivity index (χ0n) is 16.4. The summed E-state index contributed by atoms with van der Waals surface area (Å²) in [5.41, 5.74) is 6.18. The Kier molecular flexibility index (Phi) is 10.1. The highest BCUT2D eigenvalue weighted by Gasteiger charge is 2.38. The van der Waals surface area contributed by atoms with Gasteiger partial charge in [0, 0.05) is 32.8 Å². The van der Waals surface area contributed by atoms with E-state index < -0.39 is 5.41 Å². The number of carbonyl (C=O) groups excluding carboxylic acids is 2. The first kappa shape index (κ1) is 24.0. The van der Waals surface area contributed by atoms with Crippen molar-refractivity contribution in [2.45, 2.75) is 26.3 Å². The SMILES string of the molecule is CCNC(=O)COc1ccc(CNC(=O)C2(CN)CCOCC2)cc1OC.Cl. The molecule has 2 rings (SSSR count). The summed E-state index contributed by atoms with van der Waals surface area (Å²) in [6.07, 6.45) is 1.26. The second kappa shape index (κ2) is 11.7. The third-order valence-corrected chi connectivity index (χ3v) is 4.74. The van der Waals surface area contributed by atoms with Crippen LogP contribution < -0.4 is 25.8 Å². The lowest BCUT2D eigenvalue weighted by Crippen LogP contribution is -2.48. The van der Waals surface area contributed by atoms with E-state index in [-0.39, 0.29) is 30.8 Å². The van der Waals surface area contributed by atoms with Gasteiger partial charge >= 0.3 is 0 Å². The topological polar surface area (TPSA) is 112 Å². The Morgan fingerprint density at radius 1 is 1.21 bits per heavy atom. The monoisotopic (exact) mass is 415 g/mol. The Balaban J connectivity index is 0.00000392. The number of likely N-dealkylation sites (N-methyl/N-ethyl adjacent to an activating group) is 1. The van der Waals surface area contributed by atoms with Gasteiger partial charge in [0.15, 0.2) is 18.1 Å². The fourth-order valence-electron chi connectivity index (χ4n) is 2.99. The molecule has 158 valence electrons. The molecule has 0 aromatic heterocycles. The van der Waals surface area contributed by atoms with Crippen LogP contribution in [0.4, 0.5) is 0 Å². The van der Waals surface area contributed by atoms with Crippen LogP contribution in [0.15, 0.2) is 18.2 Å². The molecule has 2 amide bonds. The van der Waals surface area contributed by atoms with Crippen molar-refractivity contribution < 1.29 is 23.8 Å². The Labute approximate surface area is 171 Å². The van der Waals surface area contributed by atoms with E-state index in [1.54, 1.807) is 12.1 Å². The highest BCUT2D eigenvalue weighted by molar-refractivity contribution is 5.85. The molecule has 1 aromatic carbocycles. The zero-order chi connectivity index (χ0) is 19.7. The molecule has 4 N–H and O–H groups in total. The predicted octanol–water partition coefficient (Wildman–Crippen LogP) is 1.00. The maximum atomic E-state index is 12.6. The molecule has 0 radical (unpaired) electrons. The number of ether oxygens (including phenoxy) is 3. The fourth-order valence-corrected chi connectivity index (χ4v) is 2.99. The molecule has 0 spiro atoms. The second-order valence-corrected chi connectivity index (χ2v) is 6.51. The third kappa shape index (κ3) is 6.25. The summed E-state index contributed by atoms with van der Waals surface area (Å²) >= 11 is 0. The van der Waals surface area contributed by atoms with Gasteiger partial charge in [0.05, 0.1) is 12.5 Å². The number of hydrogen-bond acceptors (Lipinski definition) is 6. The van der Waals surface area contributed by atoms with Crippen molar-refractivity contribution in [1.82, 2.24) is 10.6 Å². The van der Waals surface area contributed by atoms with Gasteiger partial charge < -0.3 is 30.6 Å². The van der Waals surface area contributed by atoms with Gasteiger partial charge in [0.25, 0.3) is 5.91 Å². The smallest absolute Gasteiger partial charge is 0.257 e. The fraction of sp³-hybridized carbons (Fsp3) is 0.579. The highest BCUT2D eigenvalue weighted by atomic mass is 35.5. The van der Waals surface area contributed by atoms with Crippen LogP contribution in [0.25, 0.3) is 0 Å². The van der Waals surface area contributed by atoms with Crippen molar-refractivity contribution in [2.24, 2.45) is 11.1 Å². The van der Waals surface area contributed by atoms with Gasteiger partial charge in [-0.25, -0.2) is 0 Å². The lowest BCUT2D eigenvalue weighted by Gasteiger charge is -2.34. The number of rotatable bonds is 9. The number of nitrogens with one attached hydrogen (secondary N) is 2. The maximum Gasteiger partial charge on any atom is 0.257 e. The molecule has 0 bridgehead atoms. The van der Waals surface area contributed by atoms with Crippen LogP contribution in [0, 0.1) is 5.41 Å². The van der Waals surface area contributed by atoms with E-state index in [2.05, 4.69) is 10.6 Å². The summed E-state index contributed by atoms with van der Waals surface area (Å²) in [5, 5.41) is 5.63. The number of amides is 2. The van der Waals surface area contributed by atoms with Crippen molar-refractivity contribution in [3.05, 3.63) is 23.8 Å². The van der Waals surface area contributed by atoms with Gasteiger partial charge in [-0.2, -0.15) is 0 Å². The van der Waals surface area contributed by atoms with Gasteiger partial charge in [-0.05, 0) is 37.5 Å². The molecule has 0 atom stereocenters. The average molecular weight is 416 g/mol. The van der Waals surface area contributed by atoms with E-state index in [4.69, 9.17) is 19.9 Å². The number of methoxy groups -OCH3 is 1. The molecule has 1 heterocycles. The number of benzene rings is 1. The normalized spacial score (nSPS) is 15.1. The molecule has 8 nitrogen and oxygen atoms in total. The molecule has 1 aromatic rings. The molecule has 1 fully saturated rings. The van der Waals surface area contributed by atoms with Crippen molar-refractivity contribution in [2.75, 3.05) is 40.0 Å². The number of carbonyl (C=O) groups is 2. The van der Waals surface area contributed by atoms with Gasteiger partial charge in [-0.1, -0.05) is 6.07 Å². The summed E-state index contributed by atoms with van der Waals surface area (Å²) in [6, 6.07) is 5.34. The Bertz CT molecular complexity index is 650. The van der Waals surface area contributed by atoms with Crippen LogP contribution in [0.1, 0.15) is 25.3 Å². The van der Waals surface area contributed by atoms with Gasteiger partial charge in [0.2, 0.25) is 5.91 Å². The van der Waals surface area contributed by atoms with E-state index in [1.807, 2.05) is 13.0 Å². The molecule has 0 saturated carbocycles. The Hall–Kier alpha value is -2.03. The summed E-state index contributed by atoms with van der Waals surface area (Å²) in [7, 11) is 1.53. The summed E-state index contributed by atoms with van der Waals surface area (Å²) < 4.78 is 16.2. The minimum absolute atomic E-state index is 0. The minimum Gasteiger partial charge on any atom is -0.493 e. The number of nitrogens with two attached hydrogens (primary N) is 1. The third-order valence-electron chi connectivity index (χ3n) is 4.74. The quantitative estimate of drug-likeness (QED) is 0.554. The molecule has 1 aliphatic rings. The molecule has 9 heteroatoms. The first-order chi connectivity index (χ1) is 13.0. The van der Waals surface area contributed by atoms with Crippen molar-refractivity contribution in [1.29, 1.82) is 0 Å². The van der Waals surface area contributed by atoms with E-state index in [0.717, 1.165) is 5.56 Å². The predicted molar refractivity (Wildman–Crippen MR) is 108 cm³/mol. The van der Waals surface area contributed by atoms with Crippen molar-refractivity contribution in [3.8, 4) is 11.5 Å². The van der Waals surface area contributed by atoms with Gasteiger partial charge in [-0.3, -0.25) is 9.59 Å². The Morgan fingerprint density at radius 3 is 2.54 bits per heavy atom. The average Bonchev–Trinajstić information content (AvgIpc) is 2.71. The first-order valence-electron chi connectivity index (χ1n) is 9.17. The van der Waals surface area contributed by atoms with Crippen LogP contribution in [0.2, 0.25) is 0 Å². The molecule has 0 aliphatic carbocycles. The highest BCUT2D eigenvalue weighted by Crippen LogP contribution is 2.30. The summed E-state index contributed by atoms with van der Waals surface area (Å²) in [4.78, 5) is 24.2. The Morgan fingerprint density at radius 2 is 1.93 bits per heavy atom. The van der Waals surface area contributed by atoms with Crippen LogP contribution >= 0.6 is 12.4 Å². The summed E-state index contributed by atoms with van der Waals surface area (Å²) in [6.45, 7) is 4.07. The van der Waals surface area contributed by atoms with Crippen LogP contribution in [0.3, 0.4) is 0 Å².